The summed E-state index contributed by atoms with van der Waals surface area (Å²) in [5, 5.41) is 16.1. The average Bonchev–Trinajstić information content (AvgIpc) is 2.30. The third kappa shape index (κ3) is 10.8. The Morgan fingerprint density at radius 1 is 1.22 bits per heavy atom. The van der Waals surface area contributed by atoms with Gasteiger partial charge in [0.05, 0.1) is 7.11 Å². The van der Waals surface area contributed by atoms with E-state index < -0.39 is 10.4 Å². The van der Waals surface area contributed by atoms with Crippen LogP contribution in [0.1, 0.15) is 10.4 Å². The number of hydrogen-bond donors (Lipinski definition) is 4. The largest absolute Gasteiger partial charge is 0.504 e. The van der Waals surface area contributed by atoms with Gasteiger partial charge in [0.15, 0.2) is 11.5 Å². The van der Waals surface area contributed by atoms with Gasteiger partial charge in [0.1, 0.15) is 6.29 Å². The quantitative estimate of drug-likeness (QED) is 0.444. The van der Waals surface area contributed by atoms with Gasteiger partial charge in [-0.2, -0.15) is 8.42 Å². The normalized spacial score (nSPS) is 9.17. The van der Waals surface area contributed by atoms with Crippen molar-refractivity contribution in [2.45, 2.75) is 0 Å². The Balaban J connectivity index is 0. The minimum Gasteiger partial charge on any atom is -0.504 e. The number of methoxy groups -OCH3 is 1. The Labute approximate surface area is 104 Å². The molecule has 0 saturated heterocycles. The van der Waals surface area contributed by atoms with Gasteiger partial charge < -0.3 is 14.9 Å². The van der Waals surface area contributed by atoms with Crippen LogP contribution in [0.3, 0.4) is 0 Å². The number of hydrogen-bond acceptors (Lipinski definition) is 6. The summed E-state index contributed by atoms with van der Waals surface area (Å²) in [5.74, 6) is 0.354. The molecule has 0 aliphatic carbocycles. The molecule has 104 valence electrons. The molecule has 0 spiro atoms. The zero-order valence-corrected chi connectivity index (χ0v) is 10.5. The van der Waals surface area contributed by atoms with Gasteiger partial charge in [-0.3, -0.25) is 13.9 Å². The van der Waals surface area contributed by atoms with Crippen LogP contribution in [-0.4, -0.2) is 48.2 Å². The summed E-state index contributed by atoms with van der Waals surface area (Å²) in [5.41, 5.74) is 0.486. The standard InChI is InChI=1S/C8H8O3.CH4O.H2O4S/c1-11-8-4-6(5-9)2-3-7(8)10;1-2;1-5(2,3)4/h2-5,10H,1H3;2H,1H3;(H2,1,2,3,4). The van der Waals surface area contributed by atoms with Gasteiger partial charge in [-0.1, -0.05) is 0 Å². The van der Waals surface area contributed by atoms with Crippen molar-refractivity contribution in [3.05, 3.63) is 23.8 Å². The number of phenolic OH excluding ortho intramolecular Hbond substituents is 1. The predicted octanol–water partition coefficient (Wildman–Crippen LogP) is 0.169. The fraction of sp³-hybridized carbons (Fsp3) is 0.222. The molecule has 4 N–H and O–H groups in total. The lowest BCUT2D eigenvalue weighted by atomic mass is 10.2. The maximum Gasteiger partial charge on any atom is 0.394 e. The summed E-state index contributed by atoms with van der Waals surface area (Å²) in [6, 6.07) is 4.41. The molecular formula is C9H14O8S. The Morgan fingerprint density at radius 3 is 2.00 bits per heavy atom. The summed E-state index contributed by atoms with van der Waals surface area (Å²) >= 11 is 0. The fourth-order valence-electron chi connectivity index (χ4n) is 0.768. The Kier molecular flexibility index (Phi) is 9.71. The third-order valence-electron chi connectivity index (χ3n) is 1.34. The zero-order valence-electron chi connectivity index (χ0n) is 9.64. The lowest BCUT2D eigenvalue weighted by molar-refractivity contribution is 0.112. The molecule has 1 aromatic rings. The molecular weight excluding hydrogens is 268 g/mol. The van der Waals surface area contributed by atoms with Gasteiger partial charge in [-0.25, -0.2) is 0 Å². The number of aldehydes is 1. The van der Waals surface area contributed by atoms with Crippen LogP contribution in [0.25, 0.3) is 0 Å². The highest BCUT2D eigenvalue weighted by Gasteiger charge is 2.00. The van der Waals surface area contributed by atoms with E-state index in [0.717, 1.165) is 7.11 Å². The summed E-state index contributed by atoms with van der Waals surface area (Å²) in [7, 11) is -2.23. The zero-order chi connectivity index (χ0) is 14.8. The van der Waals surface area contributed by atoms with Crippen molar-refractivity contribution >= 4 is 16.7 Å². The number of aromatic hydroxyl groups is 1. The van der Waals surface area contributed by atoms with Crippen LogP contribution in [0, 0.1) is 0 Å². The number of aliphatic hydroxyl groups is 1. The number of carbonyl (C=O) groups excluding carboxylic acids is 1. The highest BCUT2D eigenvalue weighted by Crippen LogP contribution is 2.25. The van der Waals surface area contributed by atoms with Crippen molar-refractivity contribution < 1.29 is 37.3 Å². The van der Waals surface area contributed by atoms with Crippen molar-refractivity contribution in [3.63, 3.8) is 0 Å². The first kappa shape index (κ1) is 18.7. The molecule has 0 unspecified atom stereocenters. The van der Waals surface area contributed by atoms with Crippen molar-refractivity contribution in [2.75, 3.05) is 14.2 Å². The molecule has 0 aliphatic rings. The molecule has 8 nitrogen and oxygen atoms in total. The second-order valence-corrected chi connectivity index (χ2v) is 3.39. The number of rotatable bonds is 2. The molecule has 1 rings (SSSR count). The van der Waals surface area contributed by atoms with E-state index in [9.17, 15) is 4.79 Å². The van der Waals surface area contributed by atoms with Crippen LogP contribution in [0.5, 0.6) is 11.5 Å². The highest BCUT2D eigenvalue weighted by atomic mass is 32.3. The van der Waals surface area contributed by atoms with E-state index in [2.05, 4.69) is 0 Å². The lowest BCUT2D eigenvalue weighted by Crippen LogP contribution is -1.89. The molecule has 18 heavy (non-hydrogen) atoms. The average molecular weight is 282 g/mol. The first-order valence-corrected chi connectivity index (χ1v) is 5.64. The number of benzene rings is 1. The monoisotopic (exact) mass is 282 g/mol. The smallest absolute Gasteiger partial charge is 0.394 e. The topological polar surface area (TPSA) is 141 Å². The SMILES string of the molecule is CO.COc1cc(C=O)ccc1O.O=S(=O)(O)O. The Bertz CT molecular complexity index is 446. The molecule has 9 heteroatoms. The molecule has 0 aromatic heterocycles. The van der Waals surface area contributed by atoms with Gasteiger partial charge >= 0.3 is 10.4 Å². The number of ether oxygens (including phenoxy) is 1. The van der Waals surface area contributed by atoms with Crippen LogP contribution in [0.4, 0.5) is 0 Å². The molecule has 0 aliphatic heterocycles. The van der Waals surface area contributed by atoms with Gasteiger partial charge in [0.25, 0.3) is 0 Å². The molecule has 1 aromatic carbocycles. The van der Waals surface area contributed by atoms with Gasteiger partial charge in [0.2, 0.25) is 0 Å². The lowest BCUT2D eigenvalue weighted by Gasteiger charge is -2.01. The molecule has 0 radical (unpaired) electrons. The highest BCUT2D eigenvalue weighted by molar-refractivity contribution is 7.79. The first-order valence-electron chi connectivity index (χ1n) is 4.24. The Hall–Kier alpha value is -1.68. The maximum atomic E-state index is 10.2. The minimum absolute atomic E-state index is 0.0399. The van der Waals surface area contributed by atoms with E-state index in [1.54, 1.807) is 0 Å². The number of phenols is 1. The van der Waals surface area contributed by atoms with E-state index >= 15 is 0 Å². The minimum atomic E-state index is -4.67. The van der Waals surface area contributed by atoms with Crippen molar-refractivity contribution in [1.29, 1.82) is 0 Å². The summed E-state index contributed by atoms with van der Waals surface area (Å²) in [6.45, 7) is 0. The van der Waals surface area contributed by atoms with Crippen LogP contribution in [-0.2, 0) is 10.4 Å². The molecule has 0 amide bonds. The van der Waals surface area contributed by atoms with Crippen molar-refractivity contribution in [2.24, 2.45) is 0 Å². The Morgan fingerprint density at radius 2 is 1.67 bits per heavy atom. The molecule has 0 saturated carbocycles. The second-order valence-electron chi connectivity index (χ2n) is 2.50. The predicted molar refractivity (Wildman–Crippen MR) is 62.4 cm³/mol. The van der Waals surface area contributed by atoms with Crippen LogP contribution >= 0.6 is 0 Å². The summed E-state index contributed by atoms with van der Waals surface area (Å²) < 4.78 is 36.4. The molecule has 0 fully saturated rings. The van der Waals surface area contributed by atoms with Gasteiger partial charge in [0, 0.05) is 12.7 Å². The van der Waals surface area contributed by atoms with Crippen molar-refractivity contribution in [1.82, 2.24) is 0 Å². The fourth-order valence-corrected chi connectivity index (χ4v) is 0.768. The summed E-state index contributed by atoms with van der Waals surface area (Å²) in [6.07, 6.45) is 0.696. The molecule has 0 atom stereocenters. The molecule has 0 heterocycles. The van der Waals surface area contributed by atoms with Crippen LogP contribution < -0.4 is 4.74 Å². The number of aliphatic hydroxyl groups excluding tert-OH is 1. The third-order valence-corrected chi connectivity index (χ3v) is 1.34. The van der Waals surface area contributed by atoms with E-state index in [4.69, 9.17) is 32.5 Å². The first-order chi connectivity index (χ1) is 8.27. The number of carbonyl (C=O) groups is 1. The summed E-state index contributed by atoms with van der Waals surface area (Å²) in [4.78, 5) is 10.2. The van der Waals surface area contributed by atoms with E-state index in [0.29, 0.717) is 17.6 Å². The van der Waals surface area contributed by atoms with Crippen LogP contribution in [0.15, 0.2) is 18.2 Å². The van der Waals surface area contributed by atoms with E-state index in [1.165, 1.54) is 25.3 Å². The van der Waals surface area contributed by atoms with Gasteiger partial charge in [-0.15, -0.1) is 0 Å². The second kappa shape index (κ2) is 9.36. The maximum absolute atomic E-state index is 10.2. The van der Waals surface area contributed by atoms with E-state index in [1.807, 2.05) is 0 Å². The molecule has 0 bridgehead atoms. The van der Waals surface area contributed by atoms with E-state index in [-0.39, 0.29) is 5.75 Å². The van der Waals surface area contributed by atoms with Crippen molar-refractivity contribution in [3.8, 4) is 11.5 Å². The van der Waals surface area contributed by atoms with Crippen LogP contribution in [0.2, 0.25) is 0 Å². The van der Waals surface area contributed by atoms with Gasteiger partial charge in [-0.05, 0) is 18.2 Å².